The third-order valence-corrected chi connectivity index (χ3v) is 4.68. The molecule has 0 aliphatic rings. The van der Waals surface area contributed by atoms with Crippen LogP contribution in [0.15, 0.2) is 6.20 Å². The summed E-state index contributed by atoms with van der Waals surface area (Å²) in [5.74, 6) is 0.570. The molecule has 0 fully saturated rings. The Hall–Kier alpha value is -1.22. The predicted molar refractivity (Wildman–Crippen MR) is 84.8 cm³/mol. The number of nitrogens with zero attached hydrogens (tertiary/aromatic N) is 2. The first-order valence-corrected chi connectivity index (χ1v) is 10.7. The van der Waals surface area contributed by atoms with E-state index in [4.69, 9.17) is 10.5 Å². The van der Waals surface area contributed by atoms with Crippen LogP contribution < -0.4 is 11.1 Å². The Bertz CT molecular complexity index is 470. The summed E-state index contributed by atoms with van der Waals surface area (Å²) < 4.78 is 7.45. The van der Waals surface area contributed by atoms with Crippen LogP contribution in [0.5, 0.6) is 0 Å². The molecule has 8 heteroatoms. The van der Waals surface area contributed by atoms with Gasteiger partial charge in [-0.1, -0.05) is 19.6 Å². The number of nitrogens with two attached hydrogens (primary N) is 1. The van der Waals surface area contributed by atoms with Crippen LogP contribution in [0.3, 0.4) is 0 Å². The van der Waals surface area contributed by atoms with E-state index in [9.17, 15) is 9.90 Å². The number of amides is 1. The fraction of sp³-hybridized carbons (Fsp3) is 0.692. The average Bonchev–Trinajstić information content (AvgIpc) is 2.72. The molecule has 1 aromatic heterocycles. The zero-order chi connectivity index (χ0) is 16.0. The van der Waals surface area contributed by atoms with Gasteiger partial charge in [-0.2, -0.15) is 0 Å². The van der Waals surface area contributed by atoms with Gasteiger partial charge in [0.25, 0.3) is 5.91 Å². The van der Waals surface area contributed by atoms with Gasteiger partial charge in [-0.15, -0.1) is 0 Å². The first-order valence-electron chi connectivity index (χ1n) is 7.03. The number of carbonyl (C=O) groups excluding carboxylic acids is 1. The van der Waals surface area contributed by atoms with E-state index in [-0.39, 0.29) is 6.54 Å². The fourth-order valence-corrected chi connectivity index (χ4v) is 2.31. The highest BCUT2D eigenvalue weighted by Crippen LogP contribution is 2.10. The van der Waals surface area contributed by atoms with Crippen LogP contribution in [-0.4, -0.2) is 47.9 Å². The molecular weight excluding hydrogens is 288 g/mol. The molecule has 0 aromatic carbocycles. The molecule has 1 heterocycles. The minimum atomic E-state index is -1.22. The topological polar surface area (TPSA) is 102 Å². The summed E-state index contributed by atoms with van der Waals surface area (Å²) in [5.41, 5.74) is 5.22. The van der Waals surface area contributed by atoms with Crippen molar-refractivity contribution >= 4 is 19.8 Å². The van der Waals surface area contributed by atoms with Gasteiger partial charge in [-0.25, -0.2) is 4.98 Å². The van der Waals surface area contributed by atoms with Gasteiger partial charge in [0.05, 0.1) is 6.20 Å². The standard InChI is InChI=1S/C13H26N4O3Si/c1-10-15-12(16-13(19)11(18)7-14)8-17(10)9-20-5-6-21(2,3)4/h8,11,18H,5-7,9,14H2,1-4H3,(H,16,19). The van der Waals surface area contributed by atoms with E-state index >= 15 is 0 Å². The van der Waals surface area contributed by atoms with E-state index in [2.05, 4.69) is 29.9 Å². The van der Waals surface area contributed by atoms with Crippen molar-refractivity contribution in [3.63, 3.8) is 0 Å². The smallest absolute Gasteiger partial charge is 0.255 e. The van der Waals surface area contributed by atoms with Gasteiger partial charge in [0.15, 0.2) is 5.82 Å². The van der Waals surface area contributed by atoms with Crippen molar-refractivity contribution < 1.29 is 14.6 Å². The summed E-state index contributed by atoms with van der Waals surface area (Å²) in [4.78, 5) is 15.7. The Morgan fingerprint density at radius 1 is 1.57 bits per heavy atom. The lowest BCUT2D eigenvalue weighted by Crippen LogP contribution is -2.34. The number of aryl methyl sites for hydroxylation is 1. The molecule has 0 aliphatic heterocycles. The van der Waals surface area contributed by atoms with Gasteiger partial charge in [0.2, 0.25) is 0 Å². The predicted octanol–water partition coefficient (Wildman–Crippen LogP) is 0.762. The molecule has 1 unspecified atom stereocenters. The zero-order valence-corrected chi connectivity index (χ0v) is 14.2. The molecule has 120 valence electrons. The minimum absolute atomic E-state index is 0.120. The molecule has 7 nitrogen and oxygen atoms in total. The summed E-state index contributed by atoms with van der Waals surface area (Å²) in [6, 6.07) is 1.10. The third kappa shape index (κ3) is 6.38. The van der Waals surface area contributed by atoms with Crippen LogP contribution in [0.25, 0.3) is 0 Å². The number of hydrogen-bond donors (Lipinski definition) is 3. The SMILES string of the molecule is Cc1nc(NC(=O)C(O)CN)cn1COCC[Si](C)(C)C. The Kier molecular flexibility index (Phi) is 6.53. The lowest BCUT2D eigenvalue weighted by molar-refractivity contribution is -0.123. The van der Waals surface area contributed by atoms with E-state index in [1.807, 2.05) is 11.5 Å². The normalized spacial score (nSPS) is 13.2. The number of imidazole rings is 1. The zero-order valence-electron chi connectivity index (χ0n) is 13.2. The van der Waals surface area contributed by atoms with Gasteiger partial charge in [0.1, 0.15) is 18.7 Å². The molecule has 1 aromatic rings. The summed E-state index contributed by atoms with van der Waals surface area (Å²) in [7, 11) is -1.09. The lowest BCUT2D eigenvalue weighted by atomic mass is 10.3. The molecule has 0 radical (unpaired) electrons. The van der Waals surface area contributed by atoms with Crippen molar-refractivity contribution in [2.24, 2.45) is 5.73 Å². The maximum absolute atomic E-state index is 11.5. The summed E-state index contributed by atoms with van der Waals surface area (Å²) in [5, 5.41) is 11.8. The molecule has 1 amide bonds. The molecule has 0 bridgehead atoms. The highest BCUT2D eigenvalue weighted by atomic mass is 28.3. The number of aliphatic hydroxyl groups is 1. The molecule has 0 spiro atoms. The van der Waals surface area contributed by atoms with E-state index in [0.717, 1.165) is 18.5 Å². The Morgan fingerprint density at radius 3 is 2.81 bits per heavy atom. The van der Waals surface area contributed by atoms with Crippen LogP contribution in [0.4, 0.5) is 5.82 Å². The van der Waals surface area contributed by atoms with Gasteiger partial charge < -0.3 is 25.5 Å². The van der Waals surface area contributed by atoms with E-state index in [1.54, 1.807) is 6.20 Å². The van der Waals surface area contributed by atoms with Crippen LogP contribution in [0.2, 0.25) is 25.7 Å². The van der Waals surface area contributed by atoms with Crippen molar-refractivity contribution in [1.29, 1.82) is 0 Å². The highest BCUT2D eigenvalue weighted by molar-refractivity contribution is 6.76. The third-order valence-electron chi connectivity index (χ3n) is 2.98. The molecule has 4 N–H and O–H groups in total. The van der Waals surface area contributed by atoms with Gasteiger partial charge >= 0.3 is 0 Å². The molecular formula is C13H26N4O3Si. The lowest BCUT2D eigenvalue weighted by Gasteiger charge is -2.15. The number of rotatable bonds is 8. The van der Waals surface area contributed by atoms with Crippen LogP contribution in [0, 0.1) is 6.92 Å². The largest absolute Gasteiger partial charge is 0.382 e. The summed E-state index contributed by atoms with van der Waals surface area (Å²) in [6.45, 7) is 9.74. The minimum Gasteiger partial charge on any atom is -0.382 e. The van der Waals surface area contributed by atoms with E-state index in [1.165, 1.54) is 0 Å². The molecule has 21 heavy (non-hydrogen) atoms. The van der Waals surface area contributed by atoms with Crippen LogP contribution in [-0.2, 0) is 16.3 Å². The maximum Gasteiger partial charge on any atom is 0.255 e. The van der Waals surface area contributed by atoms with E-state index in [0.29, 0.717) is 12.5 Å². The Labute approximate surface area is 126 Å². The van der Waals surface area contributed by atoms with Crippen molar-refractivity contribution in [2.75, 3.05) is 18.5 Å². The number of aliphatic hydroxyl groups excluding tert-OH is 1. The number of nitrogens with one attached hydrogen (secondary N) is 1. The Balaban J connectivity index is 2.49. The first kappa shape index (κ1) is 17.8. The number of hydrogen-bond acceptors (Lipinski definition) is 5. The number of anilines is 1. The van der Waals surface area contributed by atoms with Crippen molar-refractivity contribution in [3.05, 3.63) is 12.0 Å². The number of carbonyl (C=O) groups is 1. The van der Waals surface area contributed by atoms with Gasteiger partial charge in [0, 0.05) is 21.2 Å². The summed E-state index contributed by atoms with van der Waals surface area (Å²) >= 11 is 0. The number of aromatic nitrogens is 2. The van der Waals surface area contributed by atoms with Crippen molar-refractivity contribution in [1.82, 2.24) is 9.55 Å². The second kappa shape index (κ2) is 7.69. The average molecular weight is 314 g/mol. The molecule has 0 saturated carbocycles. The maximum atomic E-state index is 11.5. The van der Waals surface area contributed by atoms with Crippen LogP contribution in [0.1, 0.15) is 5.82 Å². The van der Waals surface area contributed by atoms with Gasteiger partial charge in [-0.3, -0.25) is 4.79 Å². The fourth-order valence-electron chi connectivity index (χ4n) is 1.56. The van der Waals surface area contributed by atoms with Gasteiger partial charge in [-0.05, 0) is 13.0 Å². The van der Waals surface area contributed by atoms with Crippen molar-refractivity contribution in [2.45, 2.75) is 45.4 Å². The second-order valence-corrected chi connectivity index (χ2v) is 11.9. The molecule has 0 saturated heterocycles. The Morgan fingerprint density at radius 2 is 2.24 bits per heavy atom. The molecule has 1 atom stereocenters. The summed E-state index contributed by atoms with van der Waals surface area (Å²) in [6.07, 6.45) is 0.466. The molecule has 1 rings (SSSR count). The number of ether oxygens (including phenoxy) is 1. The van der Waals surface area contributed by atoms with Crippen molar-refractivity contribution in [3.8, 4) is 0 Å². The van der Waals surface area contributed by atoms with E-state index < -0.39 is 20.1 Å². The molecule has 0 aliphatic carbocycles. The van der Waals surface area contributed by atoms with Crippen LogP contribution >= 0.6 is 0 Å². The quantitative estimate of drug-likeness (QED) is 0.486. The monoisotopic (exact) mass is 314 g/mol. The highest BCUT2D eigenvalue weighted by Gasteiger charge is 2.15. The second-order valence-electron chi connectivity index (χ2n) is 6.23. The first-order chi connectivity index (χ1) is 9.73.